The standard InChI is InChI=1S/C15H24N2O3/c1-4-19-13-7-5-6-12(10-16)15(13)20-9-8-14(18)17-11(2)3/h5-7,11H,4,8-10,16H2,1-3H3,(H,17,18). The van der Waals surface area contributed by atoms with Crippen LogP contribution < -0.4 is 20.5 Å². The second-order valence-electron chi connectivity index (χ2n) is 4.70. The minimum absolute atomic E-state index is 0.0248. The van der Waals surface area contributed by atoms with Gasteiger partial charge in [0.25, 0.3) is 0 Å². The van der Waals surface area contributed by atoms with E-state index < -0.39 is 0 Å². The van der Waals surface area contributed by atoms with Gasteiger partial charge in [-0.1, -0.05) is 12.1 Å². The SMILES string of the molecule is CCOc1cccc(CN)c1OCCC(=O)NC(C)C. The van der Waals surface area contributed by atoms with Crippen LogP contribution in [-0.2, 0) is 11.3 Å². The predicted octanol–water partition coefficient (Wildman–Crippen LogP) is 1.84. The molecule has 20 heavy (non-hydrogen) atoms. The summed E-state index contributed by atoms with van der Waals surface area (Å²) in [6.07, 6.45) is 0.308. The lowest BCUT2D eigenvalue weighted by Gasteiger charge is -2.15. The number of nitrogens with two attached hydrogens (primary N) is 1. The molecule has 1 aromatic rings. The van der Waals surface area contributed by atoms with Gasteiger partial charge in [0, 0.05) is 18.2 Å². The van der Waals surface area contributed by atoms with Crippen molar-refractivity contribution in [2.75, 3.05) is 13.2 Å². The van der Waals surface area contributed by atoms with E-state index in [0.29, 0.717) is 37.7 Å². The Labute approximate surface area is 120 Å². The third-order valence-corrected chi connectivity index (χ3v) is 2.61. The molecule has 1 amide bonds. The number of para-hydroxylation sites is 1. The zero-order chi connectivity index (χ0) is 15.0. The number of nitrogens with one attached hydrogen (secondary N) is 1. The van der Waals surface area contributed by atoms with Crippen LogP contribution in [0.25, 0.3) is 0 Å². The topological polar surface area (TPSA) is 73.6 Å². The quantitative estimate of drug-likeness (QED) is 0.762. The van der Waals surface area contributed by atoms with Crippen molar-refractivity contribution < 1.29 is 14.3 Å². The maximum atomic E-state index is 11.6. The minimum Gasteiger partial charge on any atom is -0.490 e. The van der Waals surface area contributed by atoms with Gasteiger partial charge in [0.1, 0.15) is 0 Å². The maximum Gasteiger partial charge on any atom is 0.223 e. The van der Waals surface area contributed by atoms with Gasteiger partial charge in [-0.05, 0) is 26.8 Å². The van der Waals surface area contributed by atoms with Crippen LogP contribution in [-0.4, -0.2) is 25.2 Å². The molecular formula is C15H24N2O3. The molecule has 0 aromatic heterocycles. The molecule has 5 heteroatoms. The lowest BCUT2D eigenvalue weighted by Crippen LogP contribution is -2.31. The first kappa shape index (κ1) is 16.3. The van der Waals surface area contributed by atoms with E-state index in [1.165, 1.54) is 0 Å². The number of carbonyl (C=O) groups is 1. The van der Waals surface area contributed by atoms with Crippen LogP contribution in [0.2, 0.25) is 0 Å². The number of amides is 1. The van der Waals surface area contributed by atoms with E-state index in [4.69, 9.17) is 15.2 Å². The summed E-state index contributed by atoms with van der Waals surface area (Å²) in [5.41, 5.74) is 6.57. The van der Waals surface area contributed by atoms with Crippen LogP contribution in [0.4, 0.5) is 0 Å². The Hall–Kier alpha value is -1.75. The van der Waals surface area contributed by atoms with Gasteiger partial charge in [0.15, 0.2) is 11.5 Å². The van der Waals surface area contributed by atoms with Crippen molar-refractivity contribution >= 4 is 5.91 Å². The van der Waals surface area contributed by atoms with E-state index in [1.807, 2.05) is 39.0 Å². The highest BCUT2D eigenvalue weighted by molar-refractivity contribution is 5.76. The van der Waals surface area contributed by atoms with Crippen LogP contribution in [0.15, 0.2) is 18.2 Å². The first-order chi connectivity index (χ1) is 9.58. The number of benzene rings is 1. The van der Waals surface area contributed by atoms with Crippen molar-refractivity contribution in [3.8, 4) is 11.5 Å². The molecule has 0 heterocycles. The van der Waals surface area contributed by atoms with E-state index >= 15 is 0 Å². The molecule has 112 valence electrons. The molecule has 0 saturated carbocycles. The Balaban J connectivity index is 2.63. The van der Waals surface area contributed by atoms with Gasteiger partial charge in [0.2, 0.25) is 5.91 Å². The Morgan fingerprint density at radius 1 is 1.35 bits per heavy atom. The van der Waals surface area contributed by atoms with Crippen LogP contribution in [0.3, 0.4) is 0 Å². The number of rotatable bonds is 8. The lowest BCUT2D eigenvalue weighted by molar-refractivity contribution is -0.122. The second kappa shape index (κ2) is 8.43. The van der Waals surface area contributed by atoms with E-state index in [0.717, 1.165) is 5.56 Å². The summed E-state index contributed by atoms with van der Waals surface area (Å²) in [5, 5.41) is 2.82. The molecule has 0 unspecified atom stereocenters. The molecule has 0 fully saturated rings. The summed E-state index contributed by atoms with van der Waals surface area (Å²) in [5.74, 6) is 1.28. The van der Waals surface area contributed by atoms with Gasteiger partial charge in [-0.25, -0.2) is 0 Å². The largest absolute Gasteiger partial charge is 0.490 e. The van der Waals surface area contributed by atoms with Gasteiger partial charge >= 0.3 is 0 Å². The van der Waals surface area contributed by atoms with Gasteiger partial charge in [-0.3, -0.25) is 4.79 Å². The third-order valence-electron chi connectivity index (χ3n) is 2.61. The van der Waals surface area contributed by atoms with E-state index in [-0.39, 0.29) is 11.9 Å². The van der Waals surface area contributed by atoms with Crippen molar-refractivity contribution in [3.05, 3.63) is 23.8 Å². The average molecular weight is 280 g/mol. The van der Waals surface area contributed by atoms with Crippen molar-refractivity contribution in [2.45, 2.75) is 39.8 Å². The molecule has 3 N–H and O–H groups in total. The Morgan fingerprint density at radius 2 is 2.10 bits per heavy atom. The first-order valence-corrected chi connectivity index (χ1v) is 6.95. The van der Waals surface area contributed by atoms with Gasteiger partial charge < -0.3 is 20.5 Å². The van der Waals surface area contributed by atoms with E-state index in [1.54, 1.807) is 0 Å². The van der Waals surface area contributed by atoms with Crippen molar-refractivity contribution in [2.24, 2.45) is 5.73 Å². The Bertz CT molecular complexity index is 433. The average Bonchev–Trinajstić information content (AvgIpc) is 2.39. The number of carbonyl (C=O) groups excluding carboxylic acids is 1. The number of ether oxygens (including phenoxy) is 2. The normalized spacial score (nSPS) is 10.4. The van der Waals surface area contributed by atoms with Crippen LogP contribution >= 0.6 is 0 Å². The molecule has 0 atom stereocenters. The summed E-state index contributed by atoms with van der Waals surface area (Å²) >= 11 is 0. The zero-order valence-electron chi connectivity index (χ0n) is 12.4. The van der Waals surface area contributed by atoms with Crippen molar-refractivity contribution in [1.29, 1.82) is 0 Å². The highest BCUT2D eigenvalue weighted by atomic mass is 16.5. The van der Waals surface area contributed by atoms with E-state index in [9.17, 15) is 4.79 Å². The minimum atomic E-state index is -0.0248. The zero-order valence-corrected chi connectivity index (χ0v) is 12.4. The number of hydrogen-bond acceptors (Lipinski definition) is 4. The summed E-state index contributed by atoms with van der Waals surface area (Å²) in [6, 6.07) is 5.75. The smallest absolute Gasteiger partial charge is 0.223 e. The molecular weight excluding hydrogens is 256 g/mol. The highest BCUT2D eigenvalue weighted by Gasteiger charge is 2.11. The molecule has 1 rings (SSSR count). The molecule has 0 spiro atoms. The monoisotopic (exact) mass is 280 g/mol. The fourth-order valence-corrected chi connectivity index (χ4v) is 1.79. The Morgan fingerprint density at radius 3 is 2.70 bits per heavy atom. The molecule has 5 nitrogen and oxygen atoms in total. The van der Waals surface area contributed by atoms with Crippen molar-refractivity contribution in [3.63, 3.8) is 0 Å². The molecule has 0 aliphatic heterocycles. The maximum absolute atomic E-state index is 11.6. The summed E-state index contributed by atoms with van der Waals surface area (Å²) in [4.78, 5) is 11.6. The fourth-order valence-electron chi connectivity index (χ4n) is 1.79. The molecule has 0 aliphatic carbocycles. The summed E-state index contributed by atoms with van der Waals surface area (Å²) in [6.45, 7) is 6.99. The second-order valence-corrected chi connectivity index (χ2v) is 4.70. The molecule has 0 bridgehead atoms. The lowest BCUT2D eigenvalue weighted by atomic mass is 10.2. The Kier molecular flexibility index (Phi) is 6.87. The number of hydrogen-bond donors (Lipinski definition) is 2. The summed E-state index contributed by atoms with van der Waals surface area (Å²) in [7, 11) is 0. The van der Waals surface area contributed by atoms with Gasteiger partial charge in [-0.15, -0.1) is 0 Å². The molecule has 0 radical (unpaired) electrons. The third kappa shape index (κ3) is 5.09. The van der Waals surface area contributed by atoms with Crippen LogP contribution in [0.1, 0.15) is 32.8 Å². The highest BCUT2D eigenvalue weighted by Crippen LogP contribution is 2.31. The molecule has 1 aromatic carbocycles. The van der Waals surface area contributed by atoms with E-state index in [2.05, 4.69) is 5.32 Å². The summed E-state index contributed by atoms with van der Waals surface area (Å²) < 4.78 is 11.2. The van der Waals surface area contributed by atoms with Gasteiger partial charge in [-0.2, -0.15) is 0 Å². The van der Waals surface area contributed by atoms with Gasteiger partial charge in [0.05, 0.1) is 19.6 Å². The molecule has 0 aliphatic rings. The van der Waals surface area contributed by atoms with Crippen LogP contribution in [0.5, 0.6) is 11.5 Å². The first-order valence-electron chi connectivity index (χ1n) is 6.95. The predicted molar refractivity (Wildman–Crippen MR) is 78.9 cm³/mol. The fraction of sp³-hybridized carbons (Fsp3) is 0.533. The van der Waals surface area contributed by atoms with Crippen LogP contribution in [0, 0.1) is 0 Å². The van der Waals surface area contributed by atoms with Crippen molar-refractivity contribution in [1.82, 2.24) is 5.32 Å². The molecule has 0 saturated heterocycles.